The van der Waals surface area contributed by atoms with Crippen LogP contribution < -0.4 is 10.6 Å². The van der Waals surface area contributed by atoms with Gasteiger partial charge in [-0.25, -0.2) is 4.79 Å². The van der Waals surface area contributed by atoms with E-state index in [1.165, 1.54) is 19.4 Å². The van der Waals surface area contributed by atoms with E-state index in [2.05, 4.69) is 15.5 Å². The number of ether oxygens (including phenoxy) is 1. The van der Waals surface area contributed by atoms with Crippen LogP contribution >= 0.6 is 0 Å². The van der Waals surface area contributed by atoms with Gasteiger partial charge >= 0.3 is 6.03 Å². The number of hydrogen-bond donors (Lipinski definition) is 2. The average Bonchev–Trinajstić information content (AvgIpc) is 2.83. The molecular weight excluding hydrogens is 218 g/mol. The summed E-state index contributed by atoms with van der Waals surface area (Å²) >= 11 is 0. The number of nitrogens with zero attached hydrogens (tertiary/aromatic N) is 1. The Hall–Kier alpha value is -0.810. The van der Waals surface area contributed by atoms with Crippen LogP contribution in [0, 0.1) is 0 Å². The van der Waals surface area contributed by atoms with Crippen LogP contribution in [0.25, 0.3) is 0 Å². The predicted molar refractivity (Wildman–Crippen MR) is 66.0 cm³/mol. The van der Waals surface area contributed by atoms with Crippen molar-refractivity contribution in [2.75, 3.05) is 26.8 Å². The Kier molecular flexibility index (Phi) is 4.23. The van der Waals surface area contributed by atoms with E-state index in [1.807, 2.05) is 6.92 Å². The van der Waals surface area contributed by atoms with Gasteiger partial charge in [0.25, 0.3) is 0 Å². The molecule has 0 bridgehead atoms. The van der Waals surface area contributed by atoms with E-state index in [1.54, 1.807) is 7.11 Å². The maximum absolute atomic E-state index is 11.8. The van der Waals surface area contributed by atoms with Crippen LogP contribution in [0.3, 0.4) is 0 Å². The van der Waals surface area contributed by atoms with Crippen molar-refractivity contribution in [3.8, 4) is 0 Å². The van der Waals surface area contributed by atoms with Crippen molar-refractivity contribution >= 4 is 6.03 Å². The van der Waals surface area contributed by atoms with Crippen molar-refractivity contribution in [3.05, 3.63) is 0 Å². The zero-order valence-electron chi connectivity index (χ0n) is 10.7. The normalized spacial score (nSPS) is 30.0. The van der Waals surface area contributed by atoms with Gasteiger partial charge in [0, 0.05) is 25.7 Å². The number of fused-ring (bicyclic) bond motifs is 1. The zero-order valence-corrected chi connectivity index (χ0v) is 10.7. The van der Waals surface area contributed by atoms with E-state index in [0.717, 1.165) is 13.0 Å². The number of methoxy groups -OCH3 is 1. The van der Waals surface area contributed by atoms with Gasteiger partial charge in [0.15, 0.2) is 0 Å². The summed E-state index contributed by atoms with van der Waals surface area (Å²) in [5.41, 5.74) is 0. The minimum Gasteiger partial charge on any atom is -0.383 e. The third-order valence-corrected chi connectivity index (χ3v) is 3.72. The molecule has 3 atom stereocenters. The quantitative estimate of drug-likeness (QED) is 0.756. The van der Waals surface area contributed by atoms with Gasteiger partial charge in [0.2, 0.25) is 0 Å². The first-order valence-electron chi connectivity index (χ1n) is 6.50. The van der Waals surface area contributed by atoms with E-state index in [0.29, 0.717) is 18.7 Å². The lowest BCUT2D eigenvalue weighted by Gasteiger charge is -2.22. The molecule has 5 heteroatoms. The number of rotatable bonds is 4. The molecule has 0 aromatic carbocycles. The smallest absolute Gasteiger partial charge is 0.315 e. The summed E-state index contributed by atoms with van der Waals surface area (Å²) in [5.74, 6) is 0. The van der Waals surface area contributed by atoms with Crippen molar-refractivity contribution in [1.29, 1.82) is 0 Å². The molecule has 5 nitrogen and oxygen atoms in total. The van der Waals surface area contributed by atoms with E-state index in [4.69, 9.17) is 4.74 Å². The fraction of sp³-hybridized carbons (Fsp3) is 0.917. The monoisotopic (exact) mass is 241 g/mol. The lowest BCUT2D eigenvalue weighted by atomic mass is 10.1. The van der Waals surface area contributed by atoms with Crippen LogP contribution in [0.1, 0.15) is 26.2 Å². The summed E-state index contributed by atoms with van der Waals surface area (Å²) < 4.78 is 4.99. The van der Waals surface area contributed by atoms with Crippen LogP contribution in [0.2, 0.25) is 0 Å². The summed E-state index contributed by atoms with van der Waals surface area (Å²) in [6.07, 6.45) is 3.57. The molecule has 0 aromatic heterocycles. The largest absolute Gasteiger partial charge is 0.383 e. The summed E-state index contributed by atoms with van der Waals surface area (Å²) in [6, 6.07) is 0.889. The molecule has 2 heterocycles. The molecule has 0 aliphatic carbocycles. The number of carbonyl (C=O) groups excluding carboxylic acids is 1. The molecular formula is C12H23N3O2. The Balaban J connectivity index is 1.75. The van der Waals surface area contributed by atoms with E-state index in [-0.39, 0.29) is 12.1 Å². The molecule has 2 aliphatic heterocycles. The van der Waals surface area contributed by atoms with Gasteiger partial charge in [-0.2, -0.15) is 0 Å². The summed E-state index contributed by atoms with van der Waals surface area (Å²) in [4.78, 5) is 14.3. The number of nitrogens with one attached hydrogen (secondary N) is 2. The second kappa shape index (κ2) is 5.69. The standard InChI is InChI=1S/C12H23N3O2/c1-9(8-17-2)13-12(16)14-10-5-7-15-6-3-4-11(10)15/h9-11H,3-8H2,1-2H3,(H2,13,14,16)/t9-,10+,11+/m0/s1. The van der Waals surface area contributed by atoms with Crippen molar-refractivity contribution in [2.45, 2.75) is 44.3 Å². The molecule has 0 aromatic rings. The van der Waals surface area contributed by atoms with E-state index >= 15 is 0 Å². The topological polar surface area (TPSA) is 53.6 Å². The third kappa shape index (κ3) is 3.10. The van der Waals surface area contributed by atoms with Crippen molar-refractivity contribution in [2.24, 2.45) is 0 Å². The molecule has 2 saturated heterocycles. The SMILES string of the molecule is COC[C@H](C)NC(=O)N[C@@H]1CCN2CCC[C@H]12. The molecule has 98 valence electrons. The molecule has 2 rings (SSSR count). The van der Waals surface area contributed by atoms with E-state index in [9.17, 15) is 4.79 Å². The maximum atomic E-state index is 11.8. The second-order valence-corrected chi connectivity index (χ2v) is 5.11. The molecule has 0 saturated carbocycles. The molecule has 2 N–H and O–H groups in total. The fourth-order valence-corrected chi connectivity index (χ4v) is 2.98. The van der Waals surface area contributed by atoms with Crippen molar-refractivity contribution < 1.29 is 9.53 Å². The number of urea groups is 1. The Morgan fingerprint density at radius 3 is 3.06 bits per heavy atom. The molecule has 2 amide bonds. The van der Waals surface area contributed by atoms with E-state index < -0.39 is 0 Å². The minimum atomic E-state index is -0.0618. The van der Waals surface area contributed by atoms with Crippen molar-refractivity contribution in [3.63, 3.8) is 0 Å². The molecule has 2 fully saturated rings. The molecule has 2 aliphatic rings. The predicted octanol–water partition coefficient (Wildman–Crippen LogP) is 0.557. The number of carbonyl (C=O) groups is 1. The third-order valence-electron chi connectivity index (χ3n) is 3.72. The Morgan fingerprint density at radius 1 is 1.47 bits per heavy atom. The molecule has 0 spiro atoms. The first kappa shape index (κ1) is 12.6. The van der Waals surface area contributed by atoms with Gasteiger partial charge in [-0.3, -0.25) is 4.90 Å². The lowest BCUT2D eigenvalue weighted by molar-refractivity contribution is 0.169. The second-order valence-electron chi connectivity index (χ2n) is 5.11. The first-order chi connectivity index (χ1) is 8.20. The minimum absolute atomic E-state index is 0.0566. The summed E-state index contributed by atoms with van der Waals surface area (Å²) in [5, 5.41) is 5.99. The Bertz CT molecular complexity index is 272. The van der Waals surface area contributed by atoms with Crippen LogP contribution in [-0.2, 0) is 4.74 Å². The van der Waals surface area contributed by atoms with Gasteiger partial charge < -0.3 is 15.4 Å². The average molecular weight is 241 g/mol. The Labute approximate surface area is 103 Å². The van der Waals surface area contributed by atoms with Crippen LogP contribution in [0.5, 0.6) is 0 Å². The Morgan fingerprint density at radius 2 is 2.29 bits per heavy atom. The van der Waals surface area contributed by atoms with Crippen LogP contribution in [0.15, 0.2) is 0 Å². The number of amides is 2. The molecule has 17 heavy (non-hydrogen) atoms. The van der Waals surface area contributed by atoms with Gasteiger partial charge in [0.05, 0.1) is 12.6 Å². The number of hydrogen-bond acceptors (Lipinski definition) is 3. The highest BCUT2D eigenvalue weighted by atomic mass is 16.5. The zero-order chi connectivity index (χ0) is 12.3. The fourth-order valence-electron chi connectivity index (χ4n) is 2.98. The van der Waals surface area contributed by atoms with Crippen molar-refractivity contribution in [1.82, 2.24) is 15.5 Å². The first-order valence-corrected chi connectivity index (χ1v) is 6.50. The summed E-state index contributed by atoms with van der Waals surface area (Å²) in [6.45, 7) is 4.82. The van der Waals surface area contributed by atoms with Crippen LogP contribution in [-0.4, -0.2) is 55.9 Å². The molecule has 0 unspecified atom stereocenters. The highest BCUT2D eigenvalue weighted by molar-refractivity contribution is 5.74. The maximum Gasteiger partial charge on any atom is 0.315 e. The van der Waals surface area contributed by atoms with Gasteiger partial charge in [0.1, 0.15) is 0 Å². The highest BCUT2D eigenvalue weighted by Gasteiger charge is 2.37. The van der Waals surface area contributed by atoms with Crippen LogP contribution in [0.4, 0.5) is 4.79 Å². The molecule has 0 radical (unpaired) electrons. The van der Waals surface area contributed by atoms with Gasteiger partial charge in [-0.05, 0) is 32.7 Å². The summed E-state index contributed by atoms with van der Waals surface area (Å²) in [7, 11) is 1.64. The van der Waals surface area contributed by atoms with Gasteiger partial charge in [-0.15, -0.1) is 0 Å². The van der Waals surface area contributed by atoms with Gasteiger partial charge in [-0.1, -0.05) is 0 Å². The lowest BCUT2D eigenvalue weighted by Crippen LogP contribution is -2.49. The highest BCUT2D eigenvalue weighted by Crippen LogP contribution is 2.27.